The van der Waals surface area contributed by atoms with E-state index in [9.17, 15) is 12.8 Å². The van der Waals surface area contributed by atoms with Gasteiger partial charge in [0.25, 0.3) is 5.89 Å². The summed E-state index contributed by atoms with van der Waals surface area (Å²) < 4.78 is 51.4. The molecular weight excluding hydrogens is 465 g/mol. The van der Waals surface area contributed by atoms with Gasteiger partial charge in [0.15, 0.2) is 12.4 Å². The van der Waals surface area contributed by atoms with Crippen LogP contribution in [0, 0.1) is 6.92 Å². The van der Waals surface area contributed by atoms with Crippen LogP contribution in [0.5, 0.6) is 5.88 Å². The summed E-state index contributed by atoms with van der Waals surface area (Å²) in [6.45, 7) is 1.68. The van der Waals surface area contributed by atoms with Crippen LogP contribution in [0.25, 0.3) is 11.9 Å². The lowest BCUT2D eigenvalue weighted by Crippen LogP contribution is -2.55. The maximum absolute atomic E-state index is 14.9. The highest BCUT2D eigenvalue weighted by Crippen LogP contribution is 2.46. The first-order valence-electron chi connectivity index (χ1n) is 10.2. The molecule has 0 amide bonds. The van der Waals surface area contributed by atoms with Crippen LogP contribution in [0.3, 0.4) is 0 Å². The molecule has 2 aromatic heterocycles. The smallest absolute Gasteiger partial charge is 0.253 e. The molecule has 0 radical (unpaired) electrons. The molecule has 1 aromatic carbocycles. The molecule has 3 heterocycles. The predicted molar refractivity (Wildman–Crippen MR) is 119 cm³/mol. The van der Waals surface area contributed by atoms with Gasteiger partial charge in [-0.3, -0.25) is 0 Å². The summed E-state index contributed by atoms with van der Waals surface area (Å²) in [6.07, 6.45) is 4.30. The van der Waals surface area contributed by atoms with Crippen LogP contribution in [0.4, 0.5) is 4.39 Å². The van der Waals surface area contributed by atoms with Crippen LogP contribution in [0.2, 0.25) is 0 Å². The zero-order chi connectivity index (χ0) is 24.1. The van der Waals surface area contributed by atoms with Gasteiger partial charge in [0.2, 0.25) is 27.8 Å². The molecule has 5 rings (SSSR count). The second-order valence-electron chi connectivity index (χ2n) is 8.05. The van der Waals surface area contributed by atoms with Gasteiger partial charge >= 0.3 is 0 Å². The minimum Gasteiger partial charge on any atom is -0.466 e. The van der Waals surface area contributed by atoms with Crippen molar-refractivity contribution in [3.05, 3.63) is 64.8 Å². The molecule has 13 heteroatoms. The Kier molecular flexibility index (Phi) is 5.08. The normalized spacial score (nSPS) is 21.1. The van der Waals surface area contributed by atoms with Crippen LogP contribution < -0.4 is 10.5 Å². The Balaban J connectivity index is 1.34. The number of hydrogen-bond acceptors (Lipinski definition) is 10. The SMILES string of the molecule is Cc1nnc(COc2cnc(/C(F)=C/c3ccc4c(c3)[C@]3(C4)CS(=O)(=O)N(C)C(N)=N3)cn2)o1. The van der Waals surface area contributed by atoms with Gasteiger partial charge < -0.3 is 14.9 Å². The number of benzene rings is 1. The molecule has 0 unspecified atom stereocenters. The summed E-state index contributed by atoms with van der Waals surface area (Å²) in [6, 6.07) is 5.31. The second kappa shape index (κ2) is 7.87. The second-order valence-corrected chi connectivity index (χ2v) is 10.1. The fourth-order valence-corrected chi connectivity index (χ4v) is 5.38. The van der Waals surface area contributed by atoms with Crippen LogP contribution in [0.15, 0.2) is 40.0 Å². The number of nitrogens with two attached hydrogens (primary N) is 1. The number of hydrogen-bond donors (Lipinski definition) is 1. The first kappa shape index (κ1) is 21.9. The summed E-state index contributed by atoms with van der Waals surface area (Å²) in [5.41, 5.74) is 7.13. The highest BCUT2D eigenvalue weighted by molar-refractivity contribution is 7.89. The molecule has 3 aromatic rings. The van der Waals surface area contributed by atoms with Crippen molar-refractivity contribution in [2.75, 3.05) is 12.8 Å². The van der Waals surface area contributed by atoms with E-state index in [1.807, 2.05) is 6.07 Å². The average molecular weight is 486 g/mol. The predicted octanol–water partition coefficient (Wildman–Crippen LogP) is 1.56. The number of aliphatic imine (C=N–C) groups is 1. The maximum Gasteiger partial charge on any atom is 0.253 e. The minimum absolute atomic E-state index is 0.0162. The van der Waals surface area contributed by atoms with Gasteiger partial charge in [0.05, 0.1) is 18.1 Å². The van der Waals surface area contributed by atoms with E-state index >= 15 is 0 Å². The summed E-state index contributed by atoms with van der Waals surface area (Å²) in [4.78, 5) is 12.5. The van der Waals surface area contributed by atoms with Gasteiger partial charge in [-0.05, 0) is 28.8 Å². The number of aromatic nitrogens is 4. The Morgan fingerprint density at radius 2 is 2.15 bits per heavy atom. The van der Waals surface area contributed by atoms with E-state index in [4.69, 9.17) is 14.9 Å². The highest BCUT2D eigenvalue weighted by Gasteiger charge is 2.50. The third-order valence-electron chi connectivity index (χ3n) is 5.69. The fourth-order valence-electron chi connectivity index (χ4n) is 3.93. The van der Waals surface area contributed by atoms with E-state index in [0.717, 1.165) is 15.4 Å². The summed E-state index contributed by atoms with van der Waals surface area (Å²) >= 11 is 0. The molecule has 2 aliphatic rings. The first-order valence-corrected chi connectivity index (χ1v) is 11.8. The molecule has 0 saturated carbocycles. The Hall–Kier alpha value is -3.87. The summed E-state index contributed by atoms with van der Waals surface area (Å²) in [7, 11) is -2.21. The third kappa shape index (κ3) is 3.87. The van der Waals surface area contributed by atoms with E-state index in [1.165, 1.54) is 25.5 Å². The van der Waals surface area contributed by atoms with Gasteiger partial charge in [-0.2, -0.15) is 0 Å². The Labute approximate surface area is 194 Å². The third-order valence-corrected chi connectivity index (χ3v) is 7.55. The largest absolute Gasteiger partial charge is 0.466 e. The van der Waals surface area contributed by atoms with E-state index in [1.54, 1.807) is 19.1 Å². The van der Waals surface area contributed by atoms with Crippen molar-refractivity contribution in [3.8, 4) is 5.88 Å². The van der Waals surface area contributed by atoms with Crippen molar-refractivity contribution in [2.45, 2.75) is 25.5 Å². The molecule has 1 atom stereocenters. The van der Waals surface area contributed by atoms with E-state index in [0.29, 0.717) is 17.9 Å². The maximum atomic E-state index is 14.9. The number of rotatable bonds is 5. The van der Waals surface area contributed by atoms with Crippen LogP contribution >= 0.6 is 0 Å². The van der Waals surface area contributed by atoms with Crippen molar-refractivity contribution < 1.29 is 22.0 Å². The Morgan fingerprint density at radius 1 is 1.32 bits per heavy atom. The van der Waals surface area contributed by atoms with E-state index in [2.05, 4.69) is 25.2 Å². The molecule has 0 saturated heterocycles. The number of sulfonamides is 1. The highest BCUT2D eigenvalue weighted by atomic mass is 32.2. The van der Waals surface area contributed by atoms with Crippen molar-refractivity contribution in [3.63, 3.8) is 0 Å². The van der Waals surface area contributed by atoms with Crippen molar-refractivity contribution >= 4 is 27.9 Å². The zero-order valence-corrected chi connectivity index (χ0v) is 19.1. The van der Waals surface area contributed by atoms with Gasteiger partial charge in [0, 0.05) is 20.4 Å². The number of ether oxygens (including phenoxy) is 1. The summed E-state index contributed by atoms with van der Waals surface area (Å²) in [5.74, 6) is 0.0258. The van der Waals surface area contributed by atoms with Gasteiger partial charge in [-0.15, -0.1) is 10.2 Å². The number of fused-ring (bicyclic) bond motifs is 2. The van der Waals surface area contributed by atoms with Crippen molar-refractivity contribution in [1.29, 1.82) is 0 Å². The van der Waals surface area contributed by atoms with Gasteiger partial charge in [-0.1, -0.05) is 12.1 Å². The molecule has 1 spiro atoms. The number of aryl methyl sites for hydroxylation is 1. The monoisotopic (exact) mass is 485 g/mol. The van der Waals surface area contributed by atoms with Gasteiger partial charge in [-0.25, -0.2) is 32.1 Å². The number of halogens is 1. The summed E-state index contributed by atoms with van der Waals surface area (Å²) in [5, 5.41) is 7.51. The minimum atomic E-state index is -3.58. The molecule has 11 nitrogen and oxygen atoms in total. The molecule has 2 N–H and O–H groups in total. The lowest BCUT2D eigenvalue weighted by Gasteiger charge is -2.44. The molecule has 0 bridgehead atoms. The van der Waals surface area contributed by atoms with E-state index in [-0.39, 0.29) is 35.8 Å². The molecule has 176 valence electrons. The fraction of sp³-hybridized carbons (Fsp3) is 0.286. The lowest BCUT2D eigenvalue weighted by molar-refractivity contribution is 0.250. The standard InChI is InChI=1S/C21H20FN7O4S/c1-12-27-28-19(33-12)10-32-18-9-24-17(8-25-18)16(22)6-13-3-4-14-7-21(15(14)5-13)11-34(30,31)29(2)20(23)26-21/h3-6,8-9H,7,10-11H2,1-2H3,(H2,23,26)/b16-6-/t21-/m0/s1. The van der Waals surface area contributed by atoms with Crippen molar-refractivity contribution in [2.24, 2.45) is 10.7 Å². The zero-order valence-electron chi connectivity index (χ0n) is 18.3. The molecular formula is C21H20FN7O4S. The molecule has 1 aliphatic heterocycles. The quantitative estimate of drug-likeness (QED) is 0.568. The first-order chi connectivity index (χ1) is 16.1. The van der Waals surface area contributed by atoms with Crippen LogP contribution in [-0.4, -0.2) is 51.6 Å². The van der Waals surface area contributed by atoms with E-state index < -0.39 is 21.4 Å². The topological polar surface area (TPSA) is 150 Å². The Morgan fingerprint density at radius 3 is 2.82 bits per heavy atom. The average Bonchev–Trinajstić information content (AvgIpc) is 3.21. The number of nitrogens with zero attached hydrogens (tertiary/aromatic N) is 6. The van der Waals surface area contributed by atoms with Crippen molar-refractivity contribution in [1.82, 2.24) is 24.5 Å². The van der Waals surface area contributed by atoms with Gasteiger partial charge in [0.1, 0.15) is 11.2 Å². The molecule has 34 heavy (non-hydrogen) atoms. The molecule has 0 fully saturated rings. The van der Waals surface area contributed by atoms with Crippen LogP contribution in [-0.2, 0) is 28.6 Å². The van der Waals surface area contributed by atoms with Crippen LogP contribution in [0.1, 0.15) is 34.2 Å². The Bertz CT molecular complexity index is 1440. The lowest BCUT2D eigenvalue weighted by atomic mass is 9.71. The molecule has 1 aliphatic carbocycles. The number of guanidine groups is 1.